The Labute approximate surface area is 108 Å². The first-order valence-electron chi connectivity index (χ1n) is 5.59. The summed E-state index contributed by atoms with van der Waals surface area (Å²) in [7, 11) is 1.75. The predicted molar refractivity (Wildman–Crippen MR) is 75.2 cm³/mol. The molecule has 0 radical (unpaired) electrons. The van der Waals surface area contributed by atoms with Gasteiger partial charge >= 0.3 is 0 Å². The second kappa shape index (κ2) is 5.77. The number of anilines is 1. The van der Waals surface area contributed by atoms with Crippen LogP contribution in [0.4, 0.5) is 5.69 Å². The van der Waals surface area contributed by atoms with Crippen LogP contribution in [0.1, 0.15) is 25.8 Å². The highest BCUT2D eigenvalue weighted by Gasteiger charge is 2.16. The van der Waals surface area contributed by atoms with Crippen LogP contribution in [0.2, 0.25) is 0 Å². The largest absolute Gasteiger partial charge is 0.389 e. The summed E-state index contributed by atoms with van der Waals surface area (Å²) < 4.78 is 0. The number of carbonyl (C=O) groups is 1. The third-order valence-corrected chi connectivity index (χ3v) is 2.71. The third kappa shape index (κ3) is 3.53. The van der Waals surface area contributed by atoms with Crippen molar-refractivity contribution in [2.24, 2.45) is 11.7 Å². The van der Waals surface area contributed by atoms with Crippen molar-refractivity contribution < 1.29 is 4.79 Å². The van der Waals surface area contributed by atoms with Gasteiger partial charge in [-0.15, -0.1) is 0 Å². The van der Waals surface area contributed by atoms with Crippen molar-refractivity contribution in [1.29, 1.82) is 0 Å². The first-order valence-corrected chi connectivity index (χ1v) is 5.99. The lowest BCUT2D eigenvalue weighted by molar-refractivity contribution is -0.119. The fourth-order valence-electron chi connectivity index (χ4n) is 1.59. The van der Waals surface area contributed by atoms with Gasteiger partial charge in [-0.25, -0.2) is 0 Å². The molecule has 0 aliphatic rings. The average Bonchev–Trinajstić information content (AvgIpc) is 2.27. The molecule has 92 valence electrons. The molecule has 0 spiro atoms. The molecular weight excluding hydrogens is 232 g/mol. The molecule has 4 heteroatoms. The van der Waals surface area contributed by atoms with Gasteiger partial charge in [0.05, 0.1) is 5.69 Å². The van der Waals surface area contributed by atoms with E-state index < -0.39 is 0 Å². The van der Waals surface area contributed by atoms with Crippen LogP contribution in [0.15, 0.2) is 24.3 Å². The average molecular weight is 250 g/mol. The topological polar surface area (TPSA) is 46.3 Å². The maximum atomic E-state index is 12.0. The number of para-hydroxylation sites is 1. The highest BCUT2D eigenvalue weighted by atomic mass is 32.1. The molecule has 0 atom stereocenters. The third-order valence-electron chi connectivity index (χ3n) is 2.49. The summed E-state index contributed by atoms with van der Waals surface area (Å²) in [5.41, 5.74) is 7.15. The van der Waals surface area contributed by atoms with Gasteiger partial charge < -0.3 is 10.6 Å². The van der Waals surface area contributed by atoms with Crippen LogP contribution in [-0.2, 0) is 4.79 Å². The number of nitrogens with zero attached hydrogens (tertiary/aromatic N) is 1. The van der Waals surface area contributed by atoms with Gasteiger partial charge in [0.25, 0.3) is 0 Å². The molecule has 0 aromatic heterocycles. The van der Waals surface area contributed by atoms with Crippen LogP contribution >= 0.6 is 12.2 Å². The molecule has 0 heterocycles. The number of benzene rings is 1. The molecule has 0 bridgehead atoms. The zero-order chi connectivity index (χ0) is 13.0. The molecule has 0 aliphatic heterocycles. The minimum absolute atomic E-state index is 0.0729. The van der Waals surface area contributed by atoms with Crippen molar-refractivity contribution in [2.75, 3.05) is 11.9 Å². The SMILES string of the molecule is CC(C)CC(=O)N(C)c1ccccc1C(N)=S. The predicted octanol–water partition coefficient (Wildman–Crippen LogP) is 2.33. The molecule has 17 heavy (non-hydrogen) atoms. The van der Waals surface area contributed by atoms with Crippen LogP contribution in [-0.4, -0.2) is 17.9 Å². The lowest BCUT2D eigenvalue weighted by atomic mass is 10.1. The van der Waals surface area contributed by atoms with E-state index in [1.54, 1.807) is 11.9 Å². The van der Waals surface area contributed by atoms with Crippen molar-refractivity contribution in [1.82, 2.24) is 0 Å². The normalized spacial score (nSPS) is 10.4. The summed E-state index contributed by atoms with van der Waals surface area (Å²) in [6, 6.07) is 7.42. The van der Waals surface area contributed by atoms with E-state index in [1.165, 1.54) is 0 Å². The highest BCUT2D eigenvalue weighted by molar-refractivity contribution is 7.80. The Bertz CT molecular complexity index is 429. The molecule has 1 aromatic carbocycles. The van der Waals surface area contributed by atoms with E-state index in [9.17, 15) is 4.79 Å². The van der Waals surface area contributed by atoms with Crippen molar-refractivity contribution in [3.8, 4) is 0 Å². The molecule has 1 rings (SSSR count). The molecule has 0 unspecified atom stereocenters. The van der Waals surface area contributed by atoms with Gasteiger partial charge in [-0.1, -0.05) is 38.2 Å². The second-order valence-electron chi connectivity index (χ2n) is 4.43. The summed E-state index contributed by atoms with van der Waals surface area (Å²) in [4.78, 5) is 13.9. The molecule has 1 aromatic rings. The van der Waals surface area contributed by atoms with E-state index >= 15 is 0 Å². The fraction of sp³-hybridized carbons (Fsp3) is 0.385. The maximum Gasteiger partial charge on any atom is 0.226 e. The summed E-state index contributed by atoms with van der Waals surface area (Å²) in [5, 5.41) is 0. The van der Waals surface area contributed by atoms with Crippen LogP contribution in [0.3, 0.4) is 0 Å². The number of thiocarbonyl (C=S) groups is 1. The van der Waals surface area contributed by atoms with E-state index in [2.05, 4.69) is 0 Å². The molecule has 2 N–H and O–H groups in total. The van der Waals surface area contributed by atoms with Crippen molar-refractivity contribution >= 4 is 28.8 Å². The Balaban J connectivity index is 2.99. The highest BCUT2D eigenvalue weighted by Crippen LogP contribution is 2.20. The van der Waals surface area contributed by atoms with E-state index in [1.807, 2.05) is 38.1 Å². The van der Waals surface area contributed by atoms with E-state index in [0.717, 1.165) is 11.3 Å². The molecule has 0 saturated heterocycles. The van der Waals surface area contributed by atoms with Crippen LogP contribution in [0, 0.1) is 5.92 Å². The molecular formula is C13H18N2OS. The minimum atomic E-state index is 0.0729. The number of hydrogen-bond donors (Lipinski definition) is 1. The van der Waals surface area contributed by atoms with E-state index in [4.69, 9.17) is 18.0 Å². The van der Waals surface area contributed by atoms with E-state index in [0.29, 0.717) is 17.3 Å². The van der Waals surface area contributed by atoms with Gasteiger partial charge in [0.1, 0.15) is 4.99 Å². The summed E-state index contributed by atoms with van der Waals surface area (Å²) in [6.07, 6.45) is 0.516. The van der Waals surface area contributed by atoms with Gasteiger partial charge in [-0.3, -0.25) is 4.79 Å². The van der Waals surface area contributed by atoms with Crippen molar-refractivity contribution in [3.05, 3.63) is 29.8 Å². The second-order valence-corrected chi connectivity index (χ2v) is 4.87. The van der Waals surface area contributed by atoms with Gasteiger partial charge in [-0.05, 0) is 18.1 Å². The lowest BCUT2D eigenvalue weighted by Crippen LogP contribution is -2.29. The first kappa shape index (κ1) is 13.6. The van der Waals surface area contributed by atoms with Crippen LogP contribution in [0.5, 0.6) is 0 Å². The number of nitrogens with two attached hydrogens (primary N) is 1. The van der Waals surface area contributed by atoms with Crippen molar-refractivity contribution in [3.63, 3.8) is 0 Å². The Morgan fingerprint density at radius 2 is 2.00 bits per heavy atom. The molecule has 0 saturated carbocycles. The lowest BCUT2D eigenvalue weighted by Gasteiger charge is -2.21. The zero-order valence-electron chi connectivity index (χ0n) is 10.4. The Morgan fingerprint density at radius 1 is 1.41 bits per heavy atom. The van der Waals surface area contributed by atoms with E-state index in [-0.39, 0.29) is 5.91 Å². The number of carbonyl (C=O) groups excluding carboxylic acids is 1. The summed E-state index contributed by atoms with van der Waals surface area (Å²) in [5.74, 6) is 0.408. The van der Waals surface area contributed by atoms with Gasteiger partial charge in [0.15, 0.2) is 0 Å². The monoisotopic (exact) mass is 250 g/mol. The Kier molecular flexibility index (Phi) is 4.63. The van der Waals surface area contributed by atoms with Gasteiger partial charge in [0, 0.05) is 19.0 Å². The summed E-state index contributed by atoms with van der Waals surface area (Å²) >= 11 is 4.98. The molecule has 3 nitrogen and oxygen atoms in total. The van der Waals surface area contributed by atoms with Gasteiger partial charge in [-0.2, -0.15) is 0 Å². The molecule has 0 aliphatic carbocycles. The Morgan fingerprint density at radius 3 is 2.53 bits per heavy atom. The first-order chi connectivity index (χ1) is 7.93. The van der Waals surface area contributed by atoms with Crippen LogP contribution in [0.25, 0.3) is 0 Å². The maximum absolute atomic E-state index is 12.0. The van der Waals surface area contributed by atoms with Crippen molar-refractivity contribution in [2.45, 2.75) is 20.3 Å². The molecule has 0 fully saturated rings. The standard InChI is InChI=1S/C13H18N2OS/c1-9(2)8-12(16)15(3)11-7-5-4-6-10(11)13(14)17/h4-7,9H,8H2,1-3H3,(H2,14,17). The van der Waals surface area contributed by atoms with Gasteiger partial charge in [0.2, 0.25) is 5.91 Å². The fourth-order valence-corrected chi connectivity index (χ4v) is 1.77. The number of hydrogen-bond acceptors (Lipinski definition) is 2. The quantitative estimate of drug-likeness (QED) is 0.834. The number of rotatable bonds is 4. The smallest absolute Gasteiger partial charge is 0.226 e. The summed E-state index contributed by atoms with van der Waals surface area (Å²) in [6.45, 7) is 4.04. The van der Waals surface area contributed by atoms with Crippen LogP contribution < -0.4 is 10.6 Å². The minimum Gasteiger partial charge on any atom is -0.389 e. The molecule has 1 amide bonds. The Hall–Kier alpha value is -1.42. The zero-order valence-corrected chi connectivity index (χ0v) is 11.3. The number of amides is 1.